The average Bonchev–Trinajstić information content (AvgIpc) is 2.37. The molecule has 1 amide bonds. The number of hydrogen-bond donors (Lipinski definition) is 1. The van der Waals surface area contributed by atoms with Crippen LogP contribution in [-0.2, 0) is 21.4 Å². The molecule has 0 radical (unpaired) electrons. The summed E-state index contributed by atoms with van der Waals surface area (Å²) in [7, 11) is -3.31. The first kappa shape index (κ1) is 15.6. The molecule has 0 aromatic carbocycles. The number of rotatable bonds is 7. The van der Waals surface area contributed by atoms with Crippen molar-refractivity contribution in [1.82, 2.24) is 14.6 Å². The highest BCUT2D eigenvalue weighted by molar-refractivity contribution is 7.88. The molecular formula is C12H19N3O3S. The van der Waals surface area contributed by atoms with Crippen molar-refractivity contribution in [3.05, 3.63) is 30.1 Å². The molecule has 0 spiro atoms. The van der Waals surface area contributed by atoms with E-state index < -0.39 is 10.0 Å². The minimum absolute atomic E-state index is 0.0881. The summed E-state index contributed by atoms with van der Waals surface area (Å²) in [6, 6.07) is 3.57. The molecule has 7 heteroatoms. The second-order valence-corrected chi connectivity index (χ2v) is 6.14. The quantitative estimate of drug-likeness (QED) is 0.785. The molecule has 0 aliphatic carbocycles. The van der Waals surface area contributed by atoms with E-state index in [1.54, 1.807) is 25.4 Å². The van der Waals surface area contributed by atoms with Crippen LogP contribution in [0.4, 0.5) is 0 Å². The summed E-state index contributed by atoms with van der Waals surface area (Å²) in [5.41, 5.74) is 0.815. The summed E-state index contributed by atoms with van der Waals surface area (Å²) in [6.45, 7) is 2.56. The monoisotopic (exact) mass is 285 g/mol. The number of sulfonamides is 1. The van der Waals surface area contributed by atoms with Gasteiger partial charge in [-0.25, -0.2) is 8.42 Å². The molecule has 1 rings (SSSR count). The largest absolute Gasteiger partial charge is 0.355 e. The van der Waals surface area contributed by atoms with E-state index in [2.05, 4.69) is 10.3 Å². The number of nitrogens with one attached hydrogen (secondary N) is 1. The van der Waals surface area contributed by atoms with E-state index in [9.17, 15) is 13.2 Å². The molecule has 0 fully saturated rings. The number of carbonyl (C=O) groups is 1. The molecule has 1 aromatic rings. The van der Waals surface area contributed by atoms with Crippen LogP contribution in [0.15, 0.2) is 24.5 Å². The van der Waals surface area contributed by atoms with Crippen LogP contribution < -0.4 is 5.32 Å². The lowest BCUT2D eigenvalue weighted by atomic mass is 10.3. The van der Waals surface area contributed by atoms with Gasteiger partial charge in [-0.2, -0.15) is 4.31 Å². The van der Waals surface area contributed by atoms with Crippen LogP contribution in [-0.4, -0.2) is 43.0 Å². The maximum Gasteiger partial charge on any atom is 0.219 e. The Morgan fingerprint density at radius 1 is 1.47 bits per heavy atom. The van der Waals surface area contributed by atoms with Crippen molar-refractivity contribution in [3.63, 3.8) is 0 Å². The van der Waals surface area contributed by atoms with Crippen molar-refractivity contribution < 1.29 is 13.2 Å². The van der Waals surface area contributed by atoms with E-state index in [1.165, 1.54) is 4.31 Å². The van der Waals surface area contributed by atoms with Crippen LogP contribution >= 0.6 is 0 Å². The molecule has 0 atom stereocenters. The minimum atomic E-state index is -3.31. The normalized spacial score (nSPS) is 11.5. The first-order valence-electron chi connectivity index (χ1n) is 6.04. The fraction of sp³-hybridized carbons (Fsp3) is 0.500. The maximum atomic E-state index is 11.7. The summed E-state index contributed by atoms with van der Waals surface area (Å²) in [5.74, 6) is -0.0881. The first-order chi connectivity index (χ1) is 8.93. The van der Waals surface area contributed by atoms with Crippen molar-refractivity contribution in [2.45, 2.75) is 19.9 Å². The van der Waals surface area contributed by atoms with Crippen LogP contribution in [0.5, 0.6) is 0 Å². The number of pyridine rings is 1. The number of nitrogens with zero attached hydrogens (tertiary/aromatic N) is 2. The van der Waals surface area contributed by atoms with E-state index in [4.69, 9.17) is 0 Å². The Kier molecular flexibility index (Phi) is 5.91. The van der Waals surface area contributed by atoms with Gasteiger partial charge in [-0.3, -0.25) is 9.78 Å². The molecule has 0 aliphatic rings. The molecule has 0 bridgehead atoms. The lowest BCUT2D eigenvalue weighted by molar-refractivity contribution is -0.120. The molecular weight excluding hydrogens is 266 g/mol. The second kappa shape index (κ2) is 7.20. The lowest BCUT2D eigenvalue weighted by Crippen LogP contribution is -2.37. The van der Waals surface area contributed by atoms with Crippen LogP contribution in [0.3, 0.4) is 0 Å². The zero-order valence-electron chi connectivity index (χ0n) is 11.2. The molecule has 6 nitrogen and oxygen atoms in total. The highest BCUT2D eigenvalue weighted by atomic mass is 32.2. The van der Waals surface area contributed by atoms with Crippen LogP contribution in [0, 0.1) is 0 Å². The maximum absolute atomic E-state index is 11.7. The Hall–Kier alpha value is -1.47. The lowest BCUT2D eigenvalue weighted by Gasteiger charge is -2.20. The Morgan fingerprint density at radius 3 is 2.74 bits per heavy atom. The molecule has 0 aliphatic heterocycles. The third-order valence-electron chi connectivity index (χ3n) is 2.56. The molecule has 106 valence electrons. The number of amides is 1. The second-order valence-electron chi connectivity index (χ2n) is 4.16. The number of aromatic nitrogens is 1. The molecule has 19 heavy (non-hydrogen) atoms. The Morgan fingerprint density at radius 2 is 2.21 bits per heavy atom. The predicted molar refractivity (Wildman–Crippen MR) is 72.8 cm³/mol. The third-order valence-corrected chi connectivity index (χ3v) is 3.80. The van der Waals surface area contributed by atoms with Crippen molar-refractivity contribution >= 4 is 15.9 Å². The van der Waals surface area contributed by atoms with E-state index in [1.807, 2.05) is 6.07 Å². The van der Waals surface area contributed by atoms with Gasteiger partial charge >= 0.3 is 0 Å². The number of hydrogen-bond acceptors (Lipinski definition) is 4. The van der Waals surface area contributed by atoms with Crippen molar-refractivity contribution in [1.29, 1.82) is 0 Å². The summed E-state index contributed by atoms with van der Waals surface area (Å²) >= 11 is 0. The van der Waals surface area contributed by atoms with Crippen molar-refractivity contribution in [2.75, 3.05) is 19.3 Å². The Bertz CT molecular complexity index is 502. The predicted octanol–water partition coefficient (Wildman–Crippen LogP) is 0.369. The van der Waals surface area contributed by atoms with Gasteiger partial charge in [0.15, 0.2) is 0 Å². The van der Waals surface area contributed by atoms with E-state index in [0.29, 0.717) is 13.0 Å². The Labute approximate surface area is 113 Å². The summed E-state index contributed by atoms with van der Waals surface area (Å²) < 4.78 is 24.7. The van der Waals surface area contributed by atoms with Gasteiger partial charge in [0, 0.05) is 38.4 Å². The zero-order chi connectivity index (χ0) is 14.3. The van der Waals surface area contributed by atoms with Crippen molar-refractivity contribution in [2.24, 2.45) is 0 Å². The van der Waals surface area contributed by atoms with E-state index >= 15 is 0 Å². The summed E-state index contributed by atoms with van der Waals surface area (Å²) in [6.07, 6.45) is 4.81. The van der Waals surface area contributed by atoms with Crippen molar-refractivity contribution in [3.8, 4) is 0 Å². The van der Waals surface area contributed by atoms with Gasteiger partial charge in [0.05, 0.1) is 6.26 Å². The van der Waals surface area contributed by atoms with E-state index in [-0.39, 0.29) is 19.0 Å². The highest BCUT2D eigenvalue weighted by Gasteiger charge is 2.16. The third kappa shape index (κ3) is 5.80. The Balaban J connectivity index is 2.61. The molecule has 1 aromatic heterocycles. The van der Waals surface area contributed by atoms with Gasteiger partial charge < -0.3 is 5.32 Å². The van der Waals surface area contributed by atoms with Gasteiger partial charge in [0.1, 0.15) is 0 Å². The van der Waals surface area contributed by atoms with E-state index in [0.717, 1.165) is 11.8 Å². The molecule has 0 saturated heterocycles. The highest BCUT2D eigenvalue weighted by Crippen LogP contribution is 2.06. The van der Waals surface area contributed by atoms with Gasteiger partial charge in [-0.1, -0.05) is 13.0 Å². The standard InChI is InChI=1S/C12H19N3O3S/c1-3-12(16)14-7-8-15(19(2,17)18)10-11-5-4-6-13-9-11/h4-6,9H,3,7-8,10H2,1-2H3,(H,14,16). The molecule has 1 heterocycles. The SMILES string of the molecule is CCC(=O)NCCN(Cc1cccnc1)S(C)(=O)=O. The smallest absolute Gasteiger partial charge is 0.219 e. The molecule has 0 saturated carbocycles. The average molecular weight is 285 g/mol. The van der Waals surface area contributed by atoms with Gasteiger partial charge in [-0.15, -0.1) is 0 Å². The fourth-order valence-corrected chi connectivity index (χ4v) is 2.31. The van der Waals surface area contributed by atoms with Crippen LogP contribution in [0.2, 0.25) is 0 Å². The topological polar surface area (TPSA) is 79.4 Å². The fourth-order valence-electron chi connectivity index (χ4n) is 1.50. The molecule has 0 unspecified atom stereocenters. The van der Waals surface area contributed by atoms with Gasteiger partial charge in [-0.05, 0) is 11.6 Å². The summed E-state index contributed by atoms with van der Waals surface area (Å²) in [4.78, 5) is 15.1. The summed E-state index contributed by atoms with van der Waals surface area (Å²) in [5, 5.41) is 2.66. The first-order valence-corrected chi connectivity index (χ1v) is 7.89. The number of carbonyl (C=O) groups excluding carboxylic acids is 1. The minimum Gasteiger partial charge on any atom is -0.355 e. The van der Waals surface area contributed by atoms with Crippen LogP contribution in [0.25, 0.3) is 0 Å². The van der Waals surface area contributed by atoms with Gasteiger partial charge in [0.2, 0.25) is 15.9 Å². The molecule has 1 N–H and O–H groups in total. The van der Waals surface area contributed by atoms with Gasteiger partial charge in [0.25, 0.3) is 0 Å². The van der Waals surface area contributed by atoms with Crippen LogP contribution in [0.1, 0.15) is 18.9 Å². The zero-order valence-corrected chi connectivity index (χ0v) is 12.0.